The Kier molecular flexibility index (Phi) is 4.39. The number of fused-ring (bicyclic) bond motifs is 1. The number of aromatic nitrogens is 2. The molecule has 0 bridgehead atoms. The van der Waals surface area contributed by atoms with Gasteiger partial charge in [0.25, 0.3) is 23.1 Å². The van der Waals surface area contributed by atoms with Crippen molar-refractivity contribution in [2.45, 2.75) is 0 Å². The van der Waals surface area contributed by atoms with Crippen molar-refractivity contribution >= 4 is 29.2 Å². The lowest BCUT2D eigenvalue weighted by Crippen LogP contribution is -2.40. The Labute approximate surface area is 155 Å². The van der Waals surface area contributed by atoms with Crippen molar-refractivity contribution in [3.63, 3.8) is 0 Å². The third-order valence-corrected chi connectivity index (χ3v) is 4.26. The maximum atomic E-state index is 12.4. The van der Waals surface area contributed by atoms with Gasteiger partial charge in [0.2, 0.25) is 5.91 Å². The number of nitrogens with one attached hydrogen (secondary N) is 1. The Morgan fingerprint density at radius 3 is 2.32 bits per heavy atom. The number of carbonyl (C=O) groups is 3. The fraction of sp³-hybridized carbons (Fsp3) is 0.188. The van der Waals surface area contributed by atoms with Crippen LogP contribution in [-0.2, 0) is 18.9 Å². The molecule has 0 fully saturated rings. The van der Waals surface area contributed by atoms with Gasteiger partial charge in [0, 0.05) is 32.3 Å². The topological polar surface area (TPSA) is 154 Å². The number of amides is 3. The van der Waals surface area contributed by atoms with Crippen LogP contribution in [0.2, 0.25) is 0 Å². The van der Waals surface area contributed by atoms with Crippen LogP contribution in [0.25, 0.3) is 0 Å². The summed E-state index contributed by atoms with van der Waals surface area (Å²) < 4.78 is 1.86. The fourth-order valence-corrected chi connectivity index (χ4v) is 2.71. The monoisotopic (exact) mass is 387 g/mol. The summed E-state index contributed by atoms with van der Waals surface area (Å²) in [5, 5.41) is 13.1. The minimum atomic E-state index is -0.850. The van der Waals surface area contributed by atoms with Gasteiger partial charge >= 0.3 is 5.69 Å². The van der Waals surface area contributed by atoms with Crippen molar-refractivity contribution in [1.29, 1.82) is 0 Å². The number of anilines is 1. The van der Waals surface area contributed by atoms with Crippen LogP contribution in [0.5, 0.6) is 0 Å². The van der Waals surface area contributed by atoms with E-state index >= 15 is 0 Å². The molecule has 28 heavy (non-hydrogen) atoms. The van der Waals surface area contributed by atoms with Crippen molar-refractivity contribution in [2.75, 3.05) is 11.9 Å². The van der Waals surface area contributed by atoms with Gasteiger partial charge in [-0.15, -0.1) is 0 Å². The Morgan fingerprint density at radius 1 is 1.04 bits per heavy atom. The lowest BCUT2D eigenvalue weighted by atomic mass is 10.1. The molecule has 0 radical (unpaired) electrons. The summed E-state index contributed by atoms with van der Waals surface area (Å²) in [5.74, 6) is -2.56. The molecule has 3 amide bonds. The first-order valence-corrected chi connectivity index (χ1v) is 7.83. The minimum absolute atomic E-state index is 0.0515. The maximum absolute atomic E-state index is 12.4. The highest BCUT2D eigenvalue weighted by atomic mass is 16.6. The van der Waals surface area contributed by atoms with E-state index in [0.29, 0.717) is 4.90 Å². The van der Waals surface area contributed by atoms with E-state index in [0.717, 1.165) is 33.4 Å². The van der Waals surface area contributed by atoms with Gasteiger partial charge in [0.1, 0.15) is 12.4 Å². The van der Waals surface area contributed by atoms with Crippen LogP contribution < -0.4 is 16.6 Å². The SMILES string of the molecule is Cn1c(NC(=O)CN2C(=O)c3ccc([N+](=O)[O-])cc3C2=O)cc(=O)n(C)c1=O. The average Bonchev–Trinajstić information content (AvgIpc) is 2.88. The fourth-order valence-electron chi connectivity index (χ4n) is 2.71. The summed E-state index contributed by atoms with van der Waals surface area (Å²) in [6, 6.07) is 4.22. The lowest BCUT2D eigenvalue weighted by Gasteiger charge is -2.15. The highest BCUT2D eigenvalue weighted by Crippen LogP contribution is 2.26. The maximum Gasteiger partial charge on any atom is 0.332 e. The summed E-state index contributed by atoms with van der Waals surface area (Å²) in [4.78, 5) is 71.3. The predicted octanol–water partition coefficient (Wildman–Crippen LogP) is -0.773. The van der Waals surface area contributed by atoms with Crippen LogP contribution >= 0.6 is 0 Å². The van der Waals surface area contributed by atoms with Crippen LogP contribution in [0.3, 0.4) is 0 Å². The molecule has 0 atom stereocenters. The molecule has 1 aromatic carbocycles. The molecular formula is C16H13N5O7. The molecular weight excluding hydrogens is 374 g/mol. The number of nitro benzene ring substituents is 1. The van der Waals surface area contributed by atoms with Crippen LogP contribution in [0.15, 0.2) is 33.9 Å². The van der Waals surface area contributed by atoms with E-state index in [-0.39, 0.29) is 22.6 Å². The molecule has 1 N–H and O–H groups in total. The number of hydrogen-bond acceptors (Lipinski definition) is 7. The Bertz CT molecular complexity index is 1180. The number of benzene rings is 1. The van der Waals surface area contributed by atoms with Gasteiger partial charge in [-0.25, -0.2) is 4.79 Å². The van der Waals surface area contributed by atoms with Crippen molar-refractivity contribution in [1.82, 2.24) is 14.0 Å². The number of hydrogen-bond donors (Lipinski definition) is 1. The number of non-ortho nitro benzene ring substituents is 1. The van der Waals surface area contributed by atoms with Crippen molar-refractivity contribution in [2.24, 2.45) is 14.1 Å². The number of carbonyl (C=O) groups excluding carboxylic acids is 3. The van der Waals surface area contributed by atoms with Crippen molar-refractivity contribution < 1.29 is 19.3 Å². The third-order valence-electron chi connectivity index (χ3n) is 4.26. The summed E-state index contributed by atoms with van der Waals surface area (Å²) in [7, 11) is 2.60. The number of rotatable bonds is 4. The van der Waals surface area contributed by atoms with Gasteiger partial charge < -0.3 is 5.32 Å². The molecule has 1 aliphatic heterocycles. The average molecular weight is 387 g/mol. The molecule has 0 saturated carbocycles. The van der Waals surface area contributed by atoms with Gasteiger partial charge in [-0.3, -0.25) is 43.3 Å². The second kappa shape index (κ2) is 6.57. The lowest BCUT2D eigenvalue weighted by molar-refractivity contribution is -0.384. The first-order chi connectivity index (χ1) is 13.1. The standard InChI is InChI=1S/C16H13N5O7/c1-18-11(6-13(23)19(2)16(18)26)17-12(22)7-20-14(24)9-4-3-8(21(27)28)5-10(9)15(20)25/h3-6H,7H2,1-2H3,(H,17,22). The molecule has 1 aromatic heterocycles. The van der Waals surface area contributed by atoms with Gasteiger partial charge in [-0.1, -0.05) is 0 Å². The molecule has 2 heterocycles. The van der Waals surface area contributed by atoms with E-state index in [1.54, 1.807) is 0 Å². The van der Waals surface area contributed by atoms with E-state index in [1.807, 2.05) is 0 Å². The highest BCUT2D eigenvalue weighted by molar-refractivity contribution is 6.23. The Hall–Kier alpha value is -4.09. The van der Waals surface area contributed by atoms with Crippen LogP contribution in [0.1, 0.15) is 20.7 Å². The third kappa shape index (κ3) is 2.96. The summed E-state index contributed by atoms with van der Waals surface area (Å²) in [5.41, 5.74) is -1.90. The molecule has 2 aromatic rings. The van der Waals surface area contributed by atoms with Crippen LogP contribution in [-0.4, -0.2) is 43.2 Å². The van der Waals surface area contributed by atoms with Gasteiger partial charge in [-0.05, 0) is 6.07 Å². The highest BCUT2D eigenvalue weighted by Gasteiger charge is 2.37. The van der Waals surface area contributed by atoms with E-state index < -0.39 is 40.4 Å². The van der Waals surface area contributed by atoms with Crippen LogP contribution in [0.4, 0.5) is 11.5 Å². The molecule has 144 valence electrons. The molecule has 0 unspecified atom stereocenters. The Morgan fingerprint density at radius 2 is 1.68 bits per heavy atom. The summed E-state index contributed by atoms with van der Waals surface area (Å²) >= 11 is 0. The van der Waals surface area contributed by atoms with Gasteiger partial charge in [0.15, 0.2) is 0 Å². The van der Waals surface area contributed by atoms with Gasteiger partial charge in [0.05, 0.1) is 16.1 Å². The minimum Gasteiger partial charge on any atom is -0.310 e. The first kappa shape index (κ1) is 18.7. The van der Waals surface area contributed by atoms with E-state index in [9.17, 15) is 34.1 Å². The summed E-state index contributed by atoms with van der Waals surface area (Å²) in [6.07, 6.45) is 0. The van der Waals surface area contributed by atoms with Crippen LogP contribution in [0, 0.1) is 10.1 Å². The molecule has 0 aliphatic carbocycles. The molecule has 0 saturated heterocycles. The molecule has 0 spiro atoms. The zero-order valence-electron chi connectivity index (χ0n) is 14.7. The largest absolute Gasteiger partial charge is 0.332 e. The van der Waals surface area contributed by atoms with Gasteiger partial charge in [-0.2, -0.15) is 0 Å². The smallest absolute Gasteiger partial charge is 0.310 e. The number of imide groups is 1. The van der Waals surface area contributed by atoms with E-state index in [4.69, 9.17) is 0 Å². The second-order valence-corrected chi connectivity index (χ2v) is 6.00. The second-order valence-electron chi connectivity index (χ2n) is 6.00. The molecule has 12 heteroatoms. The molecule has 3 rings (SSSR count). The number of nitro groups is 1. The first-order valence-electron chi connectivity index (χ1n) is 7.83. The zero-order valence-corrected chi connectivity index (χ0v) is 14.7. The quantitative estimate of drug-likeness (QED) is 0.410. The molecule has 1 aliphatic rings. The van der Waals surface area contributed by atoms with E-state index in [2.05, 4.69) is 5.32 Å². The van der Waals surface area contributed by atoms with Crippen molar-refractivity contribution in [3.05, 3.63) is 66.3 Å². The summed E-state index contributed by atoms with van der Waals surface area (Å²) in [6.45, 7) is -0.691. The predicted molar refractivity (Wildman–Crippen MR) is 94.0 cm³/mol. The normalized spacial score (nSPS) is 12.9. The molecule has 12 nitrogen and oxygen atoms in total. The van der Waals surface area contributed by atoms with E-state index in [1.165, 1.54) is 14.1 Å². The number of nitrogens with zero attached hydrogens (tertiary/aromatic N) is 4. The van der Waals surface area contributed by atoms with Crippen molar-refractivity contribution in [3.8, 4) is 0 Å². The Balaban J connectivity index is 1.83. The zero-order chi connectivity index (χ0) is 20.7.